The molecule has 10 heteroatoms. The highest BCUT2D eigenvalue weighted by Crippen LogP contribution is 2.35. The Hall–Kier alpha value is -2.85. The number of methoxy groups -OCH3 is 3. The Labute approximate surface area is 187 Å². The molecule has 10 nitrogen and oxygen atoms in total. The van der Waals surface area contributed by atoms with E-state index in [-0.39, 0.29) is 11.8 Å². The van der Waals surface area contributed by atoms with Gasteiger partial charge in [-0.1, -0.05) is 0 Å². The van der Waals surface area contributed by atoms with Gasteiger partial charge in [0, 0.05) is 51.3 Å². The number of nitrogens with zero attached hydrogens (tertiary/aromatic N) is 4. The van der Waals surface area contributed by atoms with Crippen LogP contribution in [0.25, 0.3) is 0 Å². The predicted molar refractivity (Wildman–Crippen MR) is 116 cm³/mol. The number of amides is 1. The minimum Gasteiger partial charge on any atom is -0.496 e. The number of benzene rings is 1. The van der Waals surface area contributed by atoms with Gasteiger partial charge in [0.15, 0.2) is 5.82 Å². The molecule has 0 bridgehead atoms. The lowest BCUT2D eigenvalue weighted by molar-refractivity contribution is -0.125. The van der Waals surface area contributed by atoms with Crippen molar-refractivity contribution in [2.45, 2.75) is 32.5 Å². The van der Waals surface area contributed by atoms with Crippen LogP contribution in [0.2, 0.25) is 0 Å². The van der Waals surface area contributed by atoms with Crippen LogP contribution in [-0.2, 0) is 35.6 Å². The molecule has 1 aromatic carbocycles. The van der Waals surface area contributed by atoms with Crippen LogP contribution in [0.5, 0.6) is 17.2 Å². The Bertz CT molecular complexity index is 916. The number of carbonyl (C=O) groups excluding carboxylic acids is 1. The van der Waals surface area contributed by atoms with Crippen LogP contribution in [0.3, 0.4) is 0 Å². The van der Waals surface area contributed by atoms with Gasteiger partial charge in [0.25, 0.3) is 0 Å². The van der Waals surface area contributed by atoms with E-state index in [0.717, 1.165) is 61.2 Å². The molecule has 1 aromatic heterocycles. The zero-order valence-electron chi connectivity index (χ0n) is 18.9. The number of ether oxygens (including phenoxy) is 4. The second-order valence-corrected chi connectivity index (χ2v) is 8.00. The SMILES string of the molecule is COc1cc(OC)c(CN2CCc3nnc(CNC(=O)[C@@H]4CCOC4)n3CC2)c(OC)c1. The van der Waals surface area contributed by atoms with Crippen molar-refractivity contribution in [3.8, 4) is 17.2 Å². The maximum Gasteiger partial charge on any atom is 0.225 e. The van der Waals surface area contributed by atoms with E-state index >= 15 is 0 Å². The molecule has 1 atom stereocenters. The minimum atomic E-state index is -0.0634. The number of carbonyl (C=O) groups is 1. The fourth-order valence-corrected chi connectivity index (χ4v) is 4.22. The highest BCUT2D eigenvalue weighted by atomic mass is 16.5. The van der Waals surface area contributed by atoms with E-state index in [1.165, 1.54) is 0 Å². The van der Waals surface area contributed by atoms with E-state index in [4.69, 9.17) is 18.9 Å². The van der Waals surface area contributed by atoms with Crippen LogP contribution in [0.15, 0.2) is 12.1 Å². The van der Waals surface area contributed by atoms with Gasteiger partial charge < -0.3 is 28.8 Å². The third kappa shape index (κ3) is 4.81. The van der Waals surface area contributed by atoms with Gasteiger partial charge in [0.2, 0.25) is 5.91 Å². The smallest absolute Gasteiger partial charge is 0.225 e. The van der Waals surface area contributed by atoms with Gasteiger partial charge in [-0.25, -0.2) is 0 Å². The molecule has 1 amide bonds. The molecule has 2 aromatic rings. The Morgan fingerprint density at radius 2 is 1.91 bits per heavy atom. The first-order valence-corrected chi connectivity index (χ1v) is 10.9. The van der Waals surface area contributed by atoms with Gasteiger partial charge in [-0.3, -0.25) is 9.69 Å². The molecule has 0 radical (unpaired) electrons. The second-order valence-electron chi connectivity index (χ2n) is 8.00. The molecule has 32 heavy (non-hydrogen) atoms. The van der Waals surface area contributed by atoms with Crippen LogP contribution in [0, 0.1) is 5.92 Å². The average Bonchev–Trinajstić information content (AvgIpc) is 3.45. The maximum absolute atomic E-state index is 12.3. The van der Waals surface area contributed by atoms with E-state index in [2.05, 4.69) is 25.0 Å². The fourth-order valence-electron chi connectivity index (χ4n) is 4.22. The topological polar surface area (TPSA) is 100.0 Å². The van der Waals surface area contributed by atoms with Crippen molar-refractivity contribution in [1.82, 2.24) is 25.0 Å². The van der Waals surface area contributed by atoms with Crippen molar-refractivity contribution in [2.24, 2.45) is 5.92 Å². The van der Waals surface area contributed by atoms with Crippen molar-refractivity contribution >= 4 is 5.91 Å². The molecule has 2 aliphatic rings. The summed E-state index contributed by atoms with van der Waals surface area (Å²) in [5, 5.41) is 11.7. The van der Waals surface area contributed by atoms with E-state index in [1.54, 1.807) is 21.3 Å². The van der Waals surface area contributed by atoms with Gasteiger partial charge >= 0.3 is 0 Å². The zero-order valence-corrected chi connectivity index (χ0v) is 18.9. The molecule has 174 valence electrons. The van der Waals surface area contributed by atoms with Gasteiger partial charge in [0.1, 0.15) is 23.1 Å². The summed E-state index contributed by atoms with van der Waals surface area (Å²) in [5.74, 6) is 3.86. The predicted octanol–water partition coefficient (Wildman–Crippen LogP) is 1.01. The maximum atomic E-state index is 12.3. The lowest BCUT2D eigenvalue weighted by Crippen LogP contribution is -2.32. The largest absolute Gasteiger partial charge is 0.496 e. The van der Waals surface area contributed by atoms with Crippen LogP contribution in [0.1, 0.15) is 23.6 Å². The summed E-state index contributed by atoms with van der Waals surface area (Å²) in [7, 11) is 4.93. The summed E-state index contributed by atoms with van der Waals surface area (Å²) >= 11 is 0. The monoisotopic (exact) mass is 445 g/mol. The average molecular weight is 446 g/mol. The van der Waals surface area contributed by atoms with Gasteiger partial charge in [0.05, 0.1) is 46.0 Å². The van der Waals surface area contributed by atoms with Crippen LogP contribution >= 0.6 is 0 Å². The summed E-state index contributed by atoms with van der Waals surface area (Å²) in [6.07, 6.45) is 1.55. The molecular weight excluding hydrogens is 414 g/mol. The quantitative estimate of drug-likeness (QED) is 0.643. The Morgan fingerprint density at radius 3 is 2.56 bits per heavy atom. The lowest BCUT2D eigenvalue weighted by Gasteiger charge is -2.23. The number of hydrogen-bond donors (Lipinski definition) is 1. The van der Waals surface area contributed by atoms with E-state index in [0.29, 0.717) is 32.1 Å². The third-order valence-corrected chi connectivity index (χ3v) is 6.12. The van der Waals surface area contributed by atoms with Gasteiger partial charge in [-0.15, -0.1) is 10.2 Å². The molecular formula is C22H31N5O5. The summed E-state index contributed by atoms with van der Waals surface area (Å²) in [6, 6.07) is 3.75. The molecule has 4 rings (SSSR count). The highest BCUT2D eigenvalue weighted by molar-refractivity contribution is 5.78. The lowest BCUT2D eigenvalue weighted by atomic mass is 10.1. The summed E-state index contributed by atoms with van der Waals surface area (Å²) < 4.78 is 24.0. The van der Waals surface area contributed by atoms with Crippen molar-refractivity contribution < 1.29 is 23.7 Å². The zero-order chi connectivity index (χ0) is 22.5. The van der Waals surface area contributed by atoms with E-state index in [1.807, 2.05) is 12.1 Å². The standard InChI is InChI=1S/C22H31N5O5/c1-29-16-10-18(30-2)17(19(11-16)31-3)13-26-6-4-20-24-25-21(27(20)8-7-26)12-23-22(28)15-5-9-32-14-15/h10-11,15H,4-9,12-14H2,1-3H3,(H,23,28)/t15-/m1/s1. The normalized spacial score (nSPS) is 18.7. The summed E-state index contributed by atoms with van der Waals surface area (Å²) in [5.41, 5.74) is 0.986. The molecule has 3 heterocycles. The van der Waals surface area contributed by atoms with Crippen molar-refractivity contribution in [2.75, 3.05) is 47.6 Å². The van der Waals surface area contributed by atoms with Crippen molar-refractivity contribution in [3.05, 3.63) is 29.3 Å². The Balaban J connectivity index is 1.41. The molecule has 0 aliphatic carbocycles. The molecule has 1 N–H and O–H groups in total. The molecule has 1 fully saturated rings. The number of rotatable bonds is 8. The molecule has 0 unspecified atom stereocenters. The molecule has 1 saturated heterocycles. The first kappa shape index (κ1) is 22.3. The highest BCUT2D eigenvalue weighted by Gasteiger charge is 2.25. The summed E-state index contributed by atoms with van der Waals surface area (Å²) in [4.78, 5) is 14.7. The first-order valence-electron chi connectivity index (χ1n) is 10.9. The summed E-state index contributed by atoms with van der Waals surface area (Å²) in [6.45, 7) is 4.61. The number of fused-ring (bicyclic) bond motifs is 1. The minimum absolute atomic E-state index is 0.0220. The van der Waals surface area contributed by atoms with Crippen LogP contribution < -0.4 is 19.5 Å². The molecule has 0 saturated carbocycles. The fraction of sp³-hybridized carbons (Fsp3) is 0.591. The number of nitrogens with one attached hydrogen (secondary N) is 1. The number of aromatic nitrogens is 3. The Morgan fingerprint density at radius 1 is 1.12 bits per heavy atom. The van der Waals surface area contributed by atoms with Crippen molar-refractivity contribution in [3.63, 3.8) is 0 Å². The molecule has 0 spiro atoms. The molecule has 2 aliphatic heterocycles. The van der Waals surface area contributed by atoms with E-state index < -0.39 is 0 Å². The first-order chi connectivity index (χ1) is 15.6. The van der Waals surface area contributed by atoms with Gasteiger partial charge in [-0.2, -0.15) is 0 Å². The third-order valence-electron chi connectivity index (χ3n) is 6.12. The van der Waals surface area contributed by atoms with Gasteiger partial charge in [-0.05, 0) is 6.42 Å². The Kier molecular flexibility index (Phi) is 7.11. The van der Waals surface area contributed by atoms with Crippen molar-refractivity contribution in [1.29, 1.82) is 0 Å². The van der Waals surface area contributed by atoms with Crippen LogP contribution in [0.4, 0.5) is 0 Å². The second kappa shape index (κ2) is 10.2. The van der Waals surface area contributed by atoms with E-state index in [9.17, 15) is 4.79 Å². The van der Waals surface area contributed by atoms with Crippen LogP contribution in [-0.4, -0.2) is 73.2 Å². The number of hydrogen-bond acceptors (Lipinski definition) is 8.